The lowest BCUT2D eigenvalue weighted by molar-refractivity contribution is 0.159. The molecule has 1 fully saturated rings. The first-order valence-electron chi connectivity index (χ1n) is 7.37. The van der Waals surface area contributed by atoms with Crippen LogP contribution < -0.4 is 5.32 Å². The van der Waals surface area contributed by atoms with Crippen LogP contribution in [0.25, 0.3) is 0 Å². The number of hydrogen-bond donors (Lipinski definition) is 1. The lowest BCUT2D eigenvalue weighted by Gasteiger charge is -2.36. The summed E-state index contributed by atoms with van der Waals surface area (Å²) in [5, 5.41) is 3.46. The van der Waals surface area contributed by atoms with Crippen LogP contribution in [0.15, 0.2) is 24.3 Å². The van der Waals surface area contributed by atoms with Crippen LogP contribution in [0.5, 0.6) is 0 Å². The summed E-state index contributed by atoms with van der Waals surface area (Å²) in [6.45, 7) is 9.25. The van der Waals surface area contributed by atoms with Crippen LogP contribution in [0, 0.1) is 9.49 Å². The van der Waals surface area contributed by atoms with Gasteiger partial charge in [-0.1, -0.05) is 32.0 Å². The van der Waals surface area contributed by atoms with Gasteiger partial charge in [-0.3, -0.25) is 4.90 Å². The summed E-state index contributed by atoms with van der Waals surface area (Å²) in [7, 11) is 0. The van der Waals surface area contributed by atoms with Gasteiger partial charge in [-0.05, 0) is 53.0 Å². The zero-order valence-corrected chi connectivity index (χ0v) is 14.2. The number of hydrogen-bond acceptors (Lipinski definition) is 2. The first-order chi connectivity index (χ1) is 9.18. The Morgan fingerprint density at radius 2 is 1.84 bits per heavy atom. The lowest BCUT2D eigenvalue weighted by atomic mass is 9.96. The van der Waals surface area contributed by atoms with E-state index in [0.717, 1.165) is 19.0 Å². The molecule has 19 heavy (non-hydrogen) atoms. The fourth-order valence-electron chi connectivity index (χ4n) is 2.77. The van der Waals surface area contributed by atoms with Gasteiger partial charge in [0, 0.05) is 35.8 Å². The quantitative estimate of drug-likeness (QED) is 0.794. The van der Waals surface area contributed by atoms with Crippen molar-refractivity contribution in [1.82, 2.24) is 10.2 Å². The SMILES string of the molecule is CC(C)CC[C@H](c1ccccc1I)N1CCNCC1. The topological polar surface area (TPSA) is 15.3 Å². The van der Waals surface area contributed by atoms with Crippen LogP contribution in [0.4, 0.5) is 0 Å². The number of piperazine rings is 1. The summed E-state index contributed by atoms with van der Waals surface area (Å²) in [5.41, 5.74) is 1.52. The van der Waals surface area contributed by atoms with Gasteiger partial charge in [0.15, 0.2) is 0 Å². The largest absolute Gasteiger partial charge is 0.314 e. The first kappa shape index (κ1) is 15.3. The molecule has 1 saturated heterocycles. The maximum Gasteiger partial charge on any atom is 0.0359 e. The Kier molecular flexibility index (Phi) is 6.10. The minimum absolute atomic E-state index is 0.595. The molecule has 1 heterocycles. The lowest BCUT2D eigenvalue weighted by Crippen LogP contribution is -2.45. The van der Waals surface area contributed by atoms with Gasteiger partial charge in [-0.15, -0.1) is 0 Å². The summed E-state index contributed by atoms with van der Waals surface area (Å²) in [5.74, 6) is 0.784. The van der Waals surface area contributed by atoms with E-state index >= 15 is 0 Å². The van der Waals surface area contributed by atoms with E-state index in [1.165, 1.54) is 35.1 Å². The summed E-state index contributed by atoms with van der Waals surface area (Å²) < 4.78 is 1.41. The van der Waals surface area contributed by atoms with Crippen LogP contribution in [0.2, 0.25) is 0 Å². The Morgan fingerprint density at radius 1 is 1.16 bits per heavy atom. The number of nitrogens with one attached hydrogen (secondary N) is 1. The first-order valence-corrected chi connectivity index (χ1v) is 8.45. The molecule has 0 bridgehead atoms. The maximum absolute atomic E-state index is 3.46. The highest BCUT2D eigenvalue weighted by Crippen LogP contribution is 2.30. The molecule has 0 radical (unpaired) electrons. The third-order valence-electron chi connectivity index (χ3n) is 3.87. The van der Waals surface area contributed by atoms with E-state index in [2.05, 4.69) is 70.9 Å². The van der Waals surface area contributed by atoms with E-state index in [1.807, 2.05) is 0 Å². The summed E-state index contributed by atoms with van der Waals surface area (Å²) in [6.07, 6.45) is 2.58. The van der Waals surface area contributed by atoms with Crippen molar-refractivity contribution >= 4 is 22.6 Å². The van der Waals surface area contributed by atoms with Gasteiger partial charge < -0.3 is 5.32 Å². The standard InChI is InChI=1S/C16H25IN2/c1-13(2)7-8-16(19-11-9-18-10-12-19)14-5-3-4-6-15(14)17/h3-6,13,16,18H,7-12H2,1-2H3/t16-/m1/s1. The summed E-state index contributed by atoms with van der Waals surface area (Å²) in [4.78, 5) is 2.66. The van der Waals surface area contributed by atoms with Gasteiger partial charge >= 0.3 is 0 Å². The Labute approximate surface area is 131 Å². The Morgan fingerprint density at radius 3 is 2.47 bits per heavy atom. The Balaban J connectivity index is 2.15. The van der Waals surface area contributed by atoms with Crippen molar-refractivity contribution in [2.75, 3.05) is 26.2 Å². The fraction of sp³-hybridized carbons (Fsp3) is 0.625. The van der Waals surface area contributed by atoms with E-state index in [0.29, 0.717) is 6.04 Å². The van der Waals surface area contributed by atoms with Crippen LogP contribution in [-0.4, -0.2) is 31.1 Å². The number of rotatable bonds is 5. The molecular weight excluding hydrogens is 347 g/mol. The molecule has 106 valence electrons. The van der Waals surface area contributed by atoms with Gasteiger partial charge in [-0.25, -0.2) is 0 Å². The molecule has 0 aliphatic carbocycles. The van der Waals surface area contributed by atoms with E-state index in [1.54, 1.807) is 0 Å². The van der Waals surface area contributed by atoms with Crippen LogP contribution in [-0.2, 0) is 0 Å². The van der Waals surface area contributed by atoms with E-state index in [9.17, 15) is 0 Å². The van der Waals surface area contributed by atoms with Crippen molar-refractivity contribution in [2.24, 2.45) is 5.92 Å². The molecule has 1 aromatic carbocycles. The van der Waals surface area contributed by atoms with Crippen molar-refractivity contribution in [3.8, 4) is 0 Å². The second-order valence-electron chi connectivity index (χ2n) is 5.79. The fourth-order valence-corrected chi connectivity index (χ4v) is 3.51. The van der Waals surface area contributed by atoms with Gasteiger partial charge in [0.25, 0.3) is 0 Å². The van der Waals surface area contributed by atoms with E-state index in [4.69, 9.17) is 0 Å². The predicted molar refractivity (Wildman–Crippen MR) is 90.4 cm³/mol. The van der Waals surface area contributed by atoms with Crippen molar-refractivity contribution in [2.45, 2.75) is 32.7 Å². The highest BCUT2D eigenvalue weighted by atomic mass is 127. The van der Waals surface area contributed by atoms with E-state index < -0.39 is 0 Å². The summed E-state index contributed by atoms with van der Waals surface area (Å²) in [6, 6.07) is 9.47. The maximum atomic E-state index is 3.46. The molecule has 0 aromatic heterocycles. The van der Waals surface area contributed by atoms with Crippen molar-refractivity contribution in [1.29, 1.82) is 0 Å². The smallest absolute Gasteiger partial charge is 0.0359 e. The third kappa shape index (κ3) is 4.43. The van der Waals surface area contributed by atoms with Gasteiger partial charge in [0.1, 0.15) is 0 Å². The molecule has 0 unspecified atom stereocenters. The minimum Gasteiger partial charge on any atom is -0.314 e. The molecule has 2 rings (SSSR count). The third-order valence-corrected chi connectivity index (χ3v) is 4.86. The molecule has 0 saturated carbocycles. The molecule has 2 nitrogen and oxygen atoms in total. The molecule has 1 aromatic rings. The second kappa shape index (κ2) is 7.60. The molecular formula is C16H25IN2. The summed E-state index contributed by atoms with van der Waals surface area (Å²) >= 11 is 2.49. The molecule has 1 aliphatic heterocycles. The van der Waals surface area contributed by atoms with Gasteiger partial charge in [-0.2, -0.15) is 0 Å². The molecule has 3 heteroatoms. The Hall–Kier alpha value is -0.130. The number of benzene rings is 1. The predicted octanol–water partition coefficient (Wildman–Crippen LogP) is 3.67. The number of nitrogens with zero attached hydrogens (tertiary/aromatic N) is 1. The monoisotopic (exact) mass is 372 g/mol. The van der Waals surface area contributed by atoms with Crippen LogP contribution in [0.1, 0.15) is 38.3 Å². The van der Waals surface area contributed by atoms with Crippen molar-refractivity contribution in [3.63, 3.8) is 0 Å². The van der Waals surface area contributed by atoms with E-state index in [-0.39, 0.29) is 0 Å². The highest BCUT2D eigenvalue weighted by molar-refractivity contribution is 14.1. The van der Waals surface area contributed by atoms with Gasteiger partial charge in [0.2, 0.25) is 0 Å². The number of halogens is 1. The molecule has 0 spiro atoms. The average molecular weight is 372 g/mol. The normalized spacial score (nSPS) is 18.7. The second-order valence-corrected chi connectivity index (χ2v) is 6.96. The average Bonchev–Trinajstić information content (AvgIpc) is 2.42. The van der Waals surface area contributed by atoms with Crippen LogP contribution in [0.3, 0.4) is 0 Å². The van der Waals surface area contributed by atoms with Crippen molar-refractivity contribution in [3.05, 3.63) is 33.4 Å². The zero-order chi connectivity index (χ0) is 13.7. The highest BCUT2D eigenvalue weighted by Gasteiger charge is 2.23. The zero-order valence-electron chi connectivity index (χ0n) is 12.0. The van der Waals surface area contributed by atoms with Crippen LogP contribution >= 0.6 is 22.6 Å². The van der Waals surface area contributed by atoms with Crippen molar-refractivity contribution < 1.29 is 0 Å². The Bertz CT molecular complexity index is 386. The molecule has 1 atom stereocenters. The van der Waals surface area contributed by atoms with Gasteiger partial charge in [0.05, 0.1) is 0 Å². The molecule has 1 N–H and O–H groups in total. The molecule has 0 amide bonds. The molecule has 1 aliphatic rings. The minimum atomic E-state index is 0.595.